The van der Waals surface area contributed by atoms with Crippen molar-refractivity contribution >= 4 is 33.5 Å². The number of carbonyl (C=O) groups excluding carboxylic acids is 1. The van der Waals surface area contributed by atoms with Crippen LogP contribution < -0.4 is 0 Å². The molecule has 1 aromatic heterocycles. The summed E-state index contributed by atoms with van der Waals surface area (Å²) in [6.07, 6.45) is 1.74. The molecule has 0 bridgehead atoms. The van der Waals surface area contributed by atoms with Crippen molar-refractivity contribution in [1.82, 2.24) is 4.98 Å². The molecule has 0 aliphatic heterocycles. The van der Waals surface area contributed by atoms with Gasteiger partial charge in [-0.1, -0.05) is 49.9 Å². The van der Waals surface area contributed by atoms with Gasteiger partial charge in [0, 0.05) is 16.2 Å². The van der Waals surface area contributed by atoms with E-state index in [4.69, 9.17) is 0 Å². The van der Waals surface area contributed by atoms with Gasteiger partial charge in [-0.25, -0.2) is 4.98 Å². The lowest BCUT2D eigenvalue weighted by Crippen LogP contribution is -2.03. The number of thioether (sulfide) groups is 1. The van der Waals surface area contributed by atoms with Crippen molar-refractivity contribution in [3.63, 3.8) is 0 Å². The number of pyridine rings is 1. The first-order valence-electron chi connectivity index (χ1n) is 6.44. The second-order valence-electron chi connectivity index (χ2n) is 4.80. The average Bonchev–Trinajstić information content (AvgIpc) is 2.46. The van der Waals surface area contributed by atoms with Crippen LogP contribution >= 0.6 is 27.7 Å². The van der Waals surface area contributed by atoms with Crippen LogP contribution in [0.25, 0.3) is 0 Å². The molecular weight excluding hydrogens is 334 g/mol. The van der Waals surface area contributed by atoms with E-state index in [1.165, 1.54) is 17.3 Å². The fraction of sp³-hybridized carbons (Fsp3) is 0.250. The standard InChI is InChI=1S/C16H16BrNOS/c1-11(2)12-3-5-13(6-4-12)15(19)10-20-16-8-7-14(17)9-18-16/h3-9,11H,10H2,1-2H3. The molecule has 1 heterocycles. The summed E-state index contributed by atoms with van der Waals surface area (Å²) in [7, 11) is 0. The molecule has 0 radical (unpaired) electrons. The molecule has 0 unspecified atom stereocenters. The summed E-state index contributed by atoms with van der Waals surface area (Å²) in [4.78, 5) is 16.4. The first-order valence-corrected chi connectivity index (χ1v) is 8.21. The highest BCUT2D eigenvalue weighted by atomic mass is 79.9. The second kappa shape index (κ2) is 7.04. The number of Topliss-reactive ketones (excluding diaryl/α,β-unsaturated/α-hetero) is 1. The van der Waals surface area contributed by atoms with Gasteiger partial charge in [0.25, 0.3) is 0 Å². The van der Waals surface area contributed by atoms with Gasteiger partial charge in [-0.2, -0.15) is 0 Å². The number of carbonyl (C=O) groups is 1. The number of aromatic nitrogens is 1. The van der Waals surface area contributed by atoms with Crippen molar-refractivity contribution in [2.45, 2.75) is 24.8 Å². The van der Waals surface area contributed by atoms with Gasteiger partial charge in [-0.3, -0.25) is 4.79 Å². The molecule has 0 spiro atoms. The SMILES string of the molecule is CC(C)c1ccc(C(=O)CSc2ccc(Br)cn2)cc1. The zero-order chi connectivity index (χ0) is 14.5. The molecule has 4 heteroatoms. The predicted octanol–water partition coefficient (Wildman–Crippen LogP) is 4.94. The molecular formula is C16H16BrNOS. The maximum Gasteiger partial charge on any atom is 0.173 e. The summed E-state index contributed by atoms with van der Waals surface area (Å²) in [5.74, 6) is 1.03. The number of rotatable bonds is 5. The maximum absolute atomic E-state index is 12.1. The molecule has 0 N–H and O–H groups in total. The van der Waals surface area contributed by atoms with Crippen molar-refractivity contribution in [2.24, 2.45) is 0 Å². The van der Waals surface area contributed by atoms with Gasteiger partial charge in [-0.15, -0.1) is 0 Å². The molecule has 20 heavy (non-hydrogen) atoms. The van der Waals surface area contributed by atoms with Crippen LogP contribution in [0.5, 0.6) is 0 Å². The highest BCUT2D eigenvalue weighted by Crippen LogP contribution is 2.20. The third-order valence-electron chi connectivity index (χ3n) is 2.95. The monoisotopic (exact) mass is 349 g/mol. The fourth-order valence-corrected chi connectivity index (χ4v) is 2.70. The van der Waals surface area contributed by atoms with E-state index in [1.54, 1.807) is 6.20 Å². The van der Waals surface area contributed by atoms with E-state index in [1.807, 2.05) is 36.4 Å². The molecule has 0 fully saturated rings. The van der Waals surface area contributed by atoms with Crippen molar-refractivity contribution < 1.29 is 4.79 Å². The van der Waals surface area contributed by atoms with Crippen molar-refractivity contribution in [3.05, 3.63) is 58.2 Å². The van der Waals surface area contributed by atoms with Crippen LogP contribution in [-0.4, -0.2) is 16.5 Å². The van der Waals surface area contributed by atoms with E-state index in [2.05, 4.69) is 34.8 Å². The maximum atomic E-state index is 12.1. The summed E-state index contributed by atoms with van der Waals surface area (Å²) in [6.45, 7) is 4.29. The van der Waals surface area contributed by atoms with Gasteiger partial charge in [0.2, 0.25) is 0 Å². The van der Waals surface area contributed by atoms with Crippen LogP contribution in [0.2, 0.25) is 0 Å². The zero-order valence-corrected chi connectivity index (χ0v) is 13.9. The Morgan fingerprint density at radius 1 is 1.20 bits per heavy atom. The number of hydrogen-bond donors (Lipinski definition) is 0. The number of halogens is 1. The van der Waals surface area contributed by atoms with Crippen LogP contribution in [0.15, 0.2) is 52.1 Å². The number of hydrogen-bond acceptors (Lipinski definition) is 3. The Morgan fingerprint density at radius 2 is 1.90 bits per heavy atom. The van der Waals surface area contributed by atoms with Crippen LogP contribution in [0, 0.1) is 0 Å². The molecule has 0 atom stereocenters. The smallest absolute Gasteiger partial charge is 0.173 e. The minimum absolute atomic E-state index is 0.134. The van der Waals surface area contributed by atoms with Gasteiger partial charge < -0.3 is 0 Å². The molecule has 0 aliphatic carbocycles. The van der Waals surface area contributed by atoms with Gasteiger partial charge in [0.1, 0.15) is 0 Å². The third-order valence-corrected chi connectivity index (χ3v) is 4.36. The Hall–Kier alpha value is -1.13. The van der Waals surface area contributed by atoms with E-state index in [0.29, 0.717) is 11.7 Å². The predicted molar refractivity (Wildman–Crippen MR) is 87.5 cm³/mol. The normalized spacial score (nSPS) is 10.8. The summed E-state index contributed by atoms with van der Waals surface area (Å²) in [5, 5.41) is 0.861. The average molecular weight is 350 g/mol. The molecule has 2 aromatic rings. The van der Waals surface area contributed by atoms with E-state index in [-0.39, 0.29) is 5.78 Å². The summed E-state index contributed by atoms with van der Waals surface area (Å²) >= 11 is 4.80. The van der Waals surface area contributed by atoms with Gasteiger partial charge in [0.15, 0.2) is 5.78 Å². The quantitative estimate of drug-likeness (QED) is 0.565. The minimum atomic E-state index is 0.134. The first-order chi connectivity index (χ1) is 9.56. The summed E-state index contributed by atoms with van der Waals surface area (Å²) < 4.78 is 0.942. The first kappa shape index (κ1) is 15.3. The Bertz CT molecular complexity index is 578. The highest BCUT2D eigenvalue weighted by Gasteiger charge is 2.08. The van der Waals surface area contributed by atoms with Crippen LogP contribution in [-0.2, 0) is 0 Å². The number of nitrogens with zero attached hydrogens (tertiary/aromatic N) is 1. The Morgan fingerprint density at radius 3 is 2.45 bits per heavy atom. The Labute approximate surface area is 132 Å². The molecule has 2 nitrogen and oxygen atoms in total. The summed E-state index contributed by atoms with van der Waals surface area (Å²) in [6, 6.07) is 11.7. The topological polar surface area (TPSA) is 30.0 Å². The molecule has 0 saturated carbocycles. The van der Waals surface area contributed by atoms with Crippen LogP contribution in [0.1, 0.15) is 35.7 Å². The second-order valence-corrected chi connectivity index (χ2v) is 6.71. The fourth-order valence-electron chi connectivity index (χ4n) is 1.72. The van der Waals surface area contributed by atoms with Gasteiger partial charge in [0.05, 0.1) is 10.8 Å². The number of ketones is 1. The van der Waals surface area contributed by atoms with E-state index in [9.17, 15) is 4.79 Å². The van der Waals surface area contributed by atoms with Crippen LogP contribution in [0.4, 0.5) is 0 Å². The lowest BCUT2D eigenvalue weighted by Gasteiger charge is -2.06. The highest BCUT2D eigenvalue weighted by molar-refractivity contribution is 9.10. The summed E-state index contributed by atoms with van der Waals surface area (Å²) in [5.41, 5.74) is 2.02. The van der Waals surface area contributed by atoms with Gasteiger partial charge in [-0.05, 0) is 39.5 Å². The Balaban J connectivity index is 1.96. The number of benzene rings is 1. The molecule has 1 aromatic carbocycles. The Kier molecular flexibility index (Phi) is 5.38. The van der Waals surface area contributed by atoms with E-state index >= 15 is 0 Å². The van der Waals surface area contributed by atoms with Gasteiger partial charge >= 0.3 is 0 Å². The largest absolute Gasteiger partial charge is 0.293 e. The van der Waals surface area contributed by atoms with E-state index < -0.39 is 0 Å². The molecule has 2 rings (SSSR count). The molecule has 0 saturated heterocycles. The molecule has 0 aliphatic rings. The minimum Gasteiger partial charge on any atom is -0.293 e. The molecule has 0 amide bonds. The van der Waals surface area contributed by atoms with Crippen molar-refractivity contribution in [3.8, 4) is 0 Å². The van der Waals surface area contributed by atoms with Crippen LogP contribution in [0.3, 0.4) is 0 Å². The van der Waals surface area contributed by atoms with Crippen molar-refractivity contribution in [1.29, 1.82) is 0 Å². The lowest BCUT2D eigenvalue weighted by atomic mass is 10.0. The lowest BCUT2D eigenvalue weighted by molar-refractivity contribution is 0.102. The molecule has 104 valence electrons. The van der Waals surface area contributed by atoms with Crippen molar-refractivity contribution in [2.75, 3.05) is 5.75 Å². The third kappa shape index (κ3) is 4.18. The zero-order valence-electron chi connectivity index (χ0n) is 11.5. The van der Waals surface area contributed by atoms with E-state index in [0.717, 1.165) is 15.1 Å².